The van der Waals surface area contributed by atoms with Gasteiger partial charge in [0, 0.05) is 23.5 Å². The number of aromatic nitrogens is 1. The molecule has 0 N–H and O–H groups in total. The number of ether oxygens (including phenoxy) is 2. The molecule has 0 aliphatic heterocycles. The fourth-order valence-electron chi connectivity index (χ4n) is 2.86. The molecular formula is C21H26ClN3O3S2. The van der Waals surface area contributed by atoms with Crippen molar-refractivity contribution < 1.29 is 14.3 Å². The number of hydrogen-bond acceptors (Lipinski definition) is 7. The van der Waals surface area contributed by atoms with Crippen molar-refractivity contribution in [3.8, 4) is 11.5 Å². The standard InChI is InChI=1S/C21H25N3O3S2.ClH/c1-23(2)12-13-24(20(25)14-6-8-15(28-5)9-7-14)21-22-18-16(26-3)10-11-17(27-4)19(18)29-21;/h6-11H,12-13H2,1-5H3;1H. The molecule has 0 radical (unpaired) electrons. The summed E-state index contributed by atoms with van der Waals surface area (Å²) in [5, 5.41) is 0.628. The van der Waals surface area contributed by atoms with Crippen molar-refractivity contribution in [1.82, 2.24) is 9.88 Å². The van der Waals surface area contributed by atoms with Crippen LogP contribution in [0.25, 0.3) is 10.2 Å². The van der Waals surface area contributed by atoms with Gasteiger partial charge in [-0.15, -0.1) is 24.2 Å². The first-order valence-electron chi connectivity index (χ1n) is 9.10. The Balaban J connectivity index is 0.00000320. The Kier molecular flexibility index (Phi) is 8.78. The first-order chi connectivity index (χ1) is 14.0. The lowest BCUT2D eigenvalue weighted by Crippen LogP contribution is -2.36. The summed E-state index contributed by atoms with van der Waals surface area (Å²) in [6.45, 7) is 1.25. The average molecular weight is 468 g/mol. The normalized spacial score (nSPS) is 10.7. The van der Waals surface area contributed by atoms with Gasteiger partial charge in [-0.3, -0.25) is 9.69 Å². The monoisotopic (exact) mass is 467 g/mol. The summed E-state index contributed by atoms with van der Waals surface area (Å²) in [4.78, 5) is 23.0. The topological polar surface area (TPSA) is 54.9 Å². The number of anilines is 1. The molecule has 1 heterocycles. The smallest absolute Gasteiger partial charge is 0.260 e. The van der Waals surface area contributed by atoms with Crippen LogP contribution in [0.3, 0.4) is 0 Å². The fourth-order valence-corrected chi connectivity index (χ4v) is 4.37. The third-order valence-corrected chi connectivity index (χ3v) is 6.32. The molecule has 0 fully saturated rings. The maximum atomic E-state index is 13.3. The van der Waals surface area contributed by atoms with E-state index >= 15 is 0 Å². The second-order valence-corrected chi connectivity index (χ2v) is 8.49. The molecular weight excluding hydrogens is 442 g/mol. The van der Waals surface area contributed by atoms with Crippen molar-refractivity contribution in [3.05, 3.63) is 42.0 Å². The zero-order chi connectivity index (χ0) is 21.0. The highest BCUT2D eigenvalue weighted by Gasteiger charge is 2.23. The number of thioether (sulfide) groups is 1. The number of nitrogens with zero attached hydrogens (tertiary/aromatic N) is 3. The third-order valence-electron chi connectivity index (χ3n) is 4.48. The molecule has 0 saturated carbocycles. The molecule has 6 nitrogen and oxygen atoms in total. The van der Waals surface area contributed by atoms with E-state index in [1.165, 1.54) is 11.3 Å². The summed E-state index contributed by atoms with van der Waals surface area (Å²) in [6, 6.07) is 11.4. The molecule has 0 saturated heterocycles. The molecule has 0 unspecified atom stereocenters. The lowest BCUT2D eigenvalue weighted by Gasteiger charge is -2.22. The Hall–Kier alpha value is -2.00. The molecule has 9 heteroatoms. The zero-order valence-electron chi connectivity index (χ0n) is 17.7. The molecule has 0 aliphatic carbocycles. The first kappa shape index (κ1) is 24.3. The highest BCUT2D eigenvalue weighted by atomic mass is 35.5. The van der Waals surface area contributed by atoms with E-state index in [2.05, 4.69) is 0 Å². The molecule has 30 heavy (non-hydrogen) atoms. The van der Waals surface area contributed by atoms with E-state index in [1.54, 1.807) is 30.9 Å². The SMILES string of the molecule is COc1ccc(OC)c2sc(N(CCN(C)C)C(=O)c3ccc(SC)cc3)nc12.Cl. The third kappa shape index (κ3) is 5.18. The van der Waals surface area contributed by atoms with Crippen LogP contribution in [0.15, 0.2) is 41.3 Å². The molecule has 0 spiro atoms. The maximum Gasteiger partial charge on any atom is 0.260 e. The van der Waals surface area contributed by atoms with Crippen molar-refractivity contribution >= 4 is 56.8 Å². The molecule has 1 aromatic heterocycles. The van der Waals surface area contributed by atoms with E-state index in [4.69, 9.17) is 14.5 Å². The number of fused-ring (bicyclic) bond motifs is 1. The zero-order valence-corrected chi connectivity index (χ0v) is 20.1. The Morgan fingerprint density at radius 3 is 2.23 bits per heavy atom. The largest absolute Gasteiger partial charge is 0.495 e. The van der Waals surface area contributed by atoms with Crippen LogP contribution in [0.5, 0.6) is 11.5 Å². The predicted molar refractivity (Wildman–Crippen MR) is 128 cm³/mol. The summed E-state index contributed by atoms with van der Waals surface area (Å²) >= 11 is 3.08. The van der Waals surface area contributed by atoms with E-state index in [9.17, 15) is 4.79 Å². The number of carbonyl (C=O) groups is 1. The van der Waals surface area contributed by atoms with Gasteiger partial charge in [0.05, 0.1) is 14.2 Å². The highest BCUT2D eigenvalue weighted by molar-refractivity contribution is 7.98. The average Bonchev–Trinajstić information content (AvgIpc) is 3.18. The van der Waals surface area contributed by atoms with Crippen LogP contribution in [0, 0.1) is 0 Å². The molecule has 3 rings (SSSR count). The lowest BCUT2D eigenvalue weighted by molar-refractivity contribution is 0.0985. The molecule has 0 atom stereocenters. The van der Waals surface area contributed by atoms with Crippen molar-refractivity contribution in [1.29, 1.82) is 0 Å². The van der Waals surface area contributed by atoms with Gasteiger partial charge in [-0.25, -0.2) is 4.98 Å². The highest BCUT2D eigenvalue weighted by Crippen LogP contribution is 2.40. The molecule has 1 amide bonds. The number of likely N-dealkylation sites (N-methyl/N-ethyl adjacent to an activating group) is 1. The lowest BCUT2D eigenvalue weighted by atomic mass is 10.2. The Morgan fingerprint density at radius 2 is 1.67 bits per heavy atom. The van der Waals surface area contributed by atoms with Crippen molar-refractivity contribution in [2.24, 2.45) is 0 Å². The van der Waals surface area contributed by atoms with Gasteiger partial charge >= 0.3 is 0 Å². The number of methoxy groups -OCH3 is 2. The molecule has 3 aromatic rings. The minimum absolute atomic E-state index is 0. The van der Waals surface area contributed by atoms with Gasteiger partial charge in [0.15, 0.2) is 5.13 Å². The quantitative estimate of drug-likeness (QED) is 0.449. The predicted octanol–water partition coefficient (Wildman–Crippen LogP) is 4.67. The van der Waals surface area contributed by atoms with Crippen LogP contribution in [0.2, 0.25) is 0 Å². The minimum atomic E-state index is -0.0727. The molecule has 162 valence electrons. The number of benzene rings is 2. The van der Waals surface area contributed by atoms with Crippen LogP contribution in [-0.4, -0.2) is 63.5 Å². The second kappa shape index (κ2) is 10.9. The fraction of sp³-hybridized carbons (Fsp3) is 0.333. The first-order valence-corrected chi connectivity index (χ1v) is 11.1. The van der Waals surface area contributed by atoms with E-state index in [-0.39, 0.29) is 18.3 Å². The van der Waals surface area contributed by atoms with E-state index in [0.717, 1.165) is 16.1 Å². The van der Waals surface area contributed by atoms with Crippen LogP contribution in [-0.2, 0) is 0 Å². The Labute approximate surface area is 191 Å². The summed E-state index contributed by atoms with van der Waals surface area (Å²) in [7, 11) is 7.21. The summed E-state index contributed by atoms with van der Waals surface area (Å²) < 4.78 is 11.8. The van der Waals surface area contributed by atoms with Gasteiger partial charge in [0.1, 0.15) is 21.7 Å². The summed E-state index contributed by atoms with van der Waals surface area (Å²) in [5.41, 5.74) is 1.34. The molecule has 2 aromatic carbocycles. The van der Waals surface area contributed by atoms with Crippen molar-refractivity contribution in [2.45, 2.75) is 4.90 Å². The van der Waals surface area contributed by atoms with E-state index in [1.807, 2.05) is 61.6 Å². The number of carbonyl (C=O) groups excluding carboxylic acids is 1. The number of amides is 1. The van der Waals surface area contributed by atoms with Crippen molar-refractivity contribution in [2.75, 3.05) is 52.6 Å². The second-order valence-electron chi connectivity index (χ2n) is 6.63. The number of thiazole rings is 1. The van der Waals surface area contributed by atoms with Gasteiger partial charge < -0.3 is 14.4 Å². The number of rotatable bonds is 8. The van der Waals surface area contributed by atoms with Gasteiger partial charge in [-0.1, -0.05) is 11.3 Å². The minimum Gasteiger partial charge on any atom is -0.495 e. The Morgan fingerprint density at radius 1 is 1.03 bits per heavy atom. The summed E-state index contributed by atoms with van der Waals surface area (Å²) in [5.74, 6) is 1.30. The Bertz CT molecular complexity index is 952. The van der Waals surface area contributed by atoms with Gasteiger partial charge in [0.2, 0.25) is 0 Å². The molecule has 0 aliphatic rings. The number of halogens is 1. The van der Waals surface area contributed by atoms with E-state index < -0.39 is 0 Å². The van der Waals surface area contributed by atoms with Gasteiger partial charge in [-0.2, -0.15) is 0 Å². The van der Waals surface area contributed by atoms with Crippen LogP contribution < -0.4 is 14.4 Å². The van der Waals surface area contributed by atoms with Gasteiger partial charge in [0.25, 0.3) is 5.91 Å². The van der Waals surface area contributed by atoms with Crippen LogP contribution in [0.1, 0.15) is 10.4 Å². The number of hydrogen-bond donors (Lipinski definition) is 0. The summed E-state index contributed by atoms with van der Waals surface area (Å²) in [6.07, 6.45) is 2.02. The van der Waals surface area contributed by atoms with Crippen molar-refractivity contribution in [3.63, 3.8) is 0 Å². The van der Waals surface area contributed by atoms with Gasteiger partial charge in [-0.05, 0) is 56.7 Å². The van der Waals surface area contributed by atoms with E-state index in [0.29, 0.717) is 34.3 Å². The van der Waals surface area contributed by atoms with Crippen LogP contribution >= 0.6 is 35.5 Å². The maximum absolute atomic E-state index is 13.3. The van der Waals surface area contributed by atoms with Crippen LogP contribution in [0.4, 0.5) is 5.13 Å². The molecule has 0 bridgehead atoms.